The fourth-order valence-electron chi connectivity index (χ4n) is 7.45. The molecule has 0 amide bonds. The lowest BCUT2D eigenvalue weighted by Gasteiger charge is -2.27. The van der Waals surface area contributed by atoms with Crippen molar-refractivity contribution in [1.29, 1.82) is 0 Å². The first kappa shape index (κ1) is 57.9. The van der Waals surface area contributed by atoms with Crippen LogP contribution in [0.2, 0.25) is 0 Å². The predicted molar refractivity (Wildman–Crippen MR) is 264 cm³/mol. The zero-order valence-electron chi connectivity index (χ0n) is 40.6. The number of nitrogens with zero attached hydrogens (tertiary/aromatic N) is 6. The average molecular weight is 1110 g/mol. The number of hydrogen-bond donors (Lipinski definition) is 11. The number of anilines is 2. The van der Waals surface area contributed by atoms with Gasteiger partial charge in [-0.2, -0.15) is 15.1 Å². The number of carbonyl (C=O) groups excluding carboxylic acids is 2. The van der Waals surface area contributed by atoms with Crippen molar-refractivity contribution in [2.75, 3.05) is 38.9 Å². The quantitative estimate of drug-likeness (QED) is 0.0459. The van der Waals surface area contributed by atoms with Crippen LogP contribution < -0.4 is 41.8 Å². The number of para-hydroxylation sites is 2. The molecule has 0 aliphatic carbocycles. The molecule has 8 rings (SSSR count). The summed E-state index contributed by atoms with van der Waals surface area (Å²) in [5.41, 5.74) is 6.53. The number of halogens is 1. The number of carbonyl (C=O) groups is 2. The first-order chi connectivity index (χ1) is 35.2. The van der Waals surface area contributed by atoms with Crippen LogP contribution >= 0.6 is 25.9 Å². The summed E-state index contributed by atoms with van der Waals surface area (Å²) in [4.78, 5) is 67.4. The molecule has 33 heteroatoms. The van der Waals surface area contributed by atoms with Crippen molar-refractivity contribution < 1.29 is 76.8 Å². The number of fused-ring (bicyclic) bond motifs is 2. The molecule has 2 aromatic carbocycles. The molecule has 0 radical (unpaired) electrons. The van der Waals surface area contributed by atoms with Gasteiger partial charge in [0, 0.05) is 11.2 Å². The Morgan fingerprint density at radius 1 is 0.760 bits per heavy atom. The number of rotatable bonds is 16. The standard InChI is InChI=1S/C21H27N6O9P.C11H15N5O5.C10H13ClNO4P/c1-11(18(30)33-3)26-37(32,36-12-7-5-4-6-8-12)34-9-13-15(28)21(2,31)19(35-13)27-10-23-14-16(27)24-20(22)25-17(14)29;1-11(20)6(18)4(2-17)21-9(11)16-3-13-5-7(16)14-10(12)15-8(5)19;1-8(10(13)15-2)12-17(11,14)16-9-6-4-3-5-7-9/h4-8,10-11,13,15,19,28,31H,9H2,1-3H3,(H,26,32)(H3,22,24,25,29);3-4,6,9,17-18,20H,2H2,1H3,(H3,12,14,15,19);3-8H,1-2H3,(H,12,14)/t11-,13+,15+,19+,21+,37?;4-,6-,9-,11-;8-,17?/m010/s1. The summed E-state index contributed by atoms with van der Waals surface area (Å²) in [6.07, 6.45) is -4.89. The van der Waals surface area contributed by atoms with E-state index in [9.17, 15) is 53.8 Å². The lowest BCUT2D eigenvalue weighted by molar-refractivity contribution is -0.143. The van der Waals surface area contributed by atoms with Gasteiger partial charge in [0.2, 0.25) is 11.9 Å². The van der Waals surface area contributed by atoms with E-state index in [-0.39, 0.29) is 40.0 Å². The third kappa shape index (κ3) is 13.4. The number of ether oxygens (including phenoxy) is 4. The molecule has 0 spiro atoms. The molecule has 6 heterocycles. The van der Waals surface area contributed by atoms with Gasteiger partial charge in [0.25, 0.3) is 11.1 Å². The Morgan fingerprint density at radius 3 is 1.60 bits per heavy atom. The topological polar surface area (TPSA) is 437 Å². The number of nitrogens with one attached hydrogen (secondary N) is 4. The summed E-state index contributed by atoms with van der Waals surface area (Å²) < 4.78 is 64.5. The summed E-state index contributed by atoms with van der Waals surface area (Å²) in [6.45, 7) is 0.952. The number of esters is 2. The van der Waals surface area contributed by atoms with Gasteiger partial charge in [0.15, 0.2) is 34.8 Å². The molecule has 2 unspecified atom stereocenters. The number of nitrogen functional groups attached to an aromatic ring is 2. The highest BCUT2D eigenvalue weighted by molar-refractivity contribution is 7.84. The Morgan fingerprint density at radius 2 is 1.17 bits per heavy atom. The number of imidazole rings is 2. The van der Waals surface area contributed by atoms with Gasteiger partial charge in [-0.3, -0.25) is 42.8 Å². The van der Waals surface area contributed by atoms with E-state index in [4.69, 9.17) is 45.8 Å². The van der Waals surface area contributed by atoms with Crippen molar-refractivity contribution in [2.45, 2.75) is 87.9 Å². The second kappa shape index (κ2) is 23.7. The second-order valence-electron chi connectivity index (χ2n) is 17.0. The van der Waals surface area contributed by atoms with Crippen LogP contribution in [0.4, 0.5) is 11.9 Å². The summed E-state index contributed by atoms with van der Waals surface area (Å²) in [6, 6.07) is 14.7. The van der Waals surface area contributed by atoms with Crippen LogP contribution in [-0.2, 0) is 42.2 Å². The number of aromatic amines is 2. The maximum atomic E-state index is 13.6. The van der Waals surface area contributed by atoms with E-state index in [0.717, 1.165) is 0 Å². The van der Waals surface area contributed by atoms with Crippen molar-refractivity contribution in [3.05, 3.63) is 94.0 Å². The van der Waals surface area contributed by atoms with Crippen LogP contribution in [0.1, 0.15) is 40.2 Å². The van der Waals surface area contributed by atoms with Gasteiger partial charge in [0.05, 0.1) is 40.1 Å². The van der Waals surface area contributed by atoms with Gasteiger partial charge in [-0.1, -0.05) is 36.4 Å². The van der Waals surface area contributed by atoms with Gasteiger partial charge in [-0.25, -0.2) is 24.2 Å². The van der Waals surface area contributed by atoms with Crippen molar-refractivity contribution >= 4 is 72.0 Å². The van der Waals surface area contributed by atoms with Crippen LogP contribution in [0.15, 0.2) is 82.9 Å². The minimum Gasteiger partial charge on any atom is -0.468 e. The number of aliphatic hydroxyl groups is 5. The molecular formula is C42H55ClN12O18P2. The predicted octanol–water partition coefficient (Wildman–Crippen LogP) is 0.333. The first-order valence-corrected chi connectivity index (χ1v) is 26.2. The van der Waals surface area contributed by atoms with E-state index >= 15 is 0 Å². The molecular weight excluding hydrogens is 1060 g/mol. The number of methoxy groups -OCH3 is 2. The smallest absolute Gasteiger partial charge is 0.459 e. The van der Waals surface area contributed by atoms with E-state index in [2.05, 4.69) is 49.6 Å². The number of aromatic nitrogens is 8. The van der Waals surface area contributed by atoms with Gasteiger partial charge >= 0.3 is 26.6 Å². The van der Waals surface area contributed by atoms with Crippen molar-refractivity contribution in [3.8, 4) is 11.5 Å². The first-order valence-electron chi connectivity index (χ1n) is 22.2. The number of H-pyrrole nitrogens is 2. The van der Waals surface area contributed by atoms with Crippen LogP contribution in [-0.4, -0.2) is 152 Å². The molecule has 13 N–H and O–H groups in total. The largest absolute Gasteiger partial charge is 0.468 e. The number of nitrogens with two attached hydrogens (primary N) is 2. The highest BCUT2D eigenvalue weighted by Gasteiger charge is 2.55. The third-order valence-electron chi connectivity index (χ3n) is 11.2. The Balaban J connectivity index is 0.000000202. The fourth-order valence-corrected chi connectivity index (χ4v) is 10.6. The maximum Gasteiger partial charge on any atom is 0.459 e. The summed E-state index contributed by atoms with van der Waals surface area (Å²) in [7, 11) is -1.83. The molecule has 2 aliphatic rings. The minimum absolute atomic E-state index is 0.0203. The zero-order chi connectivity index (χ0) is 55.2. The lowest BCUT2D eigenvalue weighted by atomic mass is 9.96. The van der Waals surface area contributed by atoms with Gasteiger partial charge in [0.1, 0.15) is 59.2 Å². The molecule has 75 heavy (non-hydrogen) atoms. The third-order valence-corrected chi connectivity index (χ3v) is 14.5. The fraction of sp³-hybridized carbons (Fsp3) is 0.429. The molecule has 12 atom stereocenters. The number of aliphatic hydroxyl groups excluding tert-OH is 3. The normalized spacial score (nSPS) is 25.6. The Bertz CT molecular complexity index is 3160. The average Bonchev–Trinajstić information content (AvgIpc) is 4.09. The second-order valence-corrected chi connectivity index (χ2v) is 21.4. The molecule has 408 valence electrons. The summed E-state index contributed by atoms with van der Waals surface area (Å²) in [5.74, 6) is -1.02. The van der Waals surface area contributed by atoms with Crippen LogP contribution in [0.3, 0.4) is 0 Å². The molecule has 2 saturated heterocycles. The van der Waals surface area contributed by atoms with E-state index in [1.807, 2.05) is 0 Å². The Kier molecular flexibility index (Phi) is 18.3. The Labute approximate surface area is 429 Å². The van der Waals surface area contributed by atoms with E-state index in [1.54, 1.807) is 48.5 Å². The highest BCUT2D eigenvalue weighted by Crippen LogP contribution is 2.49. The number of hydrogen-bond acceptors (Lipinski definition) is 24. The number of benzene rings is 2. The van der Waals surface area contributed by atoms with Crippen molar-refractivity contribution in [3.63, 3.8) is 0 Å². The molecule has 2 fully saturated rings. The van der Waals surface area contributed by atoms with E-state index < -0.39 is 111 Å². The van der Waals surface area contributed by atoms with E-state index in [0.29, 0.717) is 5.75 Å². The molecule has 0 bridgehead atoms. The van der Waals surface area contributed by atoms with Gasteiger partial charge in [-0.15, -0.1) is 0 Å². The molecule has 30 nitrogen and oxygen atoms in total. The highest BCUT2D eigenvalue weighted by atomic mass is 35.7. The minimum atomic E-state index is -4.23. The Hall–Kier alpha value is -6.37. The van der Waals surface area contributed by atoms with Gasteiger partial charge < -0.3 is 65.0 Å². The summed E-state index contributed by atoms with van der Waals surface area (Å²) in [5, 5.41) is 56.4. The summed E-state index contributed by atoms with van der Waals surface area (Å²) >= 11 is 5.68. The maximum absolute atomic E-state index is 13.6. The van der Waals surface area contributed by atoms with Crippen LogP contribution in [0.25, 0.3) is 22.3 Å². The molecule has 0 saturated carbocycles. The molecule has 4 aromatic heterocycles. The van der Waals surface area contributed by atoms with Crippen LogP contribution in [0.5, 0.6) is 11.5 Å². The SMILES string of the molecule is COC(=O)[C@H](C)NP(=O)(Cl)Oc1ccccc1.COC(=O)[C@H](C)NP(=O)(OC[C@H]1O[C@@H](n2cnc3c(=O)[nH]c(N)nc32)[C@](C)(O)[C@@H]1O)Oc1ccccc1.C[C@@]1(O)[C@H](O)[C@@H](CO)O[C@H]1n1cnc2c(=O)[nH]c(N)nc21. The monoisotopic (exact) mass is 1110 g/mol. The van der Waals surface area contributed by atoms with Gasteiger partial charge in [-0.05, 0) is 52.0 Å². The molecule has 6 aromatic rings. The van der Waals surface area contributed by atoms with Crippen LogP contribution in [0, 0.1) is 0 Å². The zero-order valence-corrected chi connectivity index (χ0v) is 43.2. The van der Waals surface area contributed by atoms with Crippen molar-refractivity contribution in [1.82, 2.24) is 49.2 Å². The molecule has 2 aliphatic heterocycles. The lowest BCUT2D eigenvalue weighted by Crippen LogP contribution is -2.44. The van der Waals surface area contributed by atoms with Crippen molar-refractivity contribution in [2.24, 2.45) is 0 Å². The van der Waals surface area contributed by atoms with E-state index in [1.165, 1.54) is 75.8 Å².